The number of benzene rings is 1. The second kappa shape index (κ2) is 7.17. The highest BCUT2D eigenvalue weighted by Gasteiger charge is 2.22. The number of amides is 1. The zero-order valence-corrected chi connectivity index (χ0v) is 13.3. The average molecular weight is 318 g/mol. The van der Waals surface area contributed by atoms with Crippen molar-refractivity contribution in [3.8, 4) is 10.6 Å². The predicted molar refractivity (Wildman–Crippen MR) is 85.9 cm³/mol. The molecule has 0 spiro atoms. The maximum atomic E-state index is 12.5. The topological polar surface area (TPSA) is 70.5 Å². The molecule has 2 aromatic rings. The second-order valence-corrected chi connectivity index (χ2v) is 6.24. The van der Waals surface area contributed by atoms with Crippen LogP contribution in [0.3, 0.4) is 0 Å². The van der Waals surface area contributed by atoms with Gasteiger partial charge in [0.05, 0.1) is 0 Å². The minimum Gasteiger partial charge on any atom is -0.480 e. The molecule has 0 fully saturated rings. The Balaban J connectivity index is 2.20. The lowest BCUT2D eigenvalue weighted by molar-refractivity contribution is -0.137. The molecule has 1 aromatic carbocycles. The van der Waals surface area contributed by atoms with Crippen LogP contribution in [0.5, 0.6) is 0 Å². The summed E-state index contributed by atoms with van der Waals surface area (Å²) in [6.45, 7) is 3.97. The summed E-state index contributed by atoms with van der Waals surface area (Å²) >= 11 is 1.38. The van der Waals surface area contributed by atoms with Crippen LogP contribution in [-0.4, -0.2) is 40.0 Å². The molecule has 1 aromatic heterocycles. The van der Waals surface area contributed by atoms with Gasteiger partial charge in [0.15, 0.2) is 0 Å². The van der Waals surface area contributed by atoms with Crippen molar-refractivity contribution >= 4 is 23.2 Å². The second-order valence-electron chi connectivity index (χ2n) is 5.38. The standard InChI is InChI=1S/C16H18N2O3S/c1-11(2)8-18(9-14(19)20)16(21)13-10-22-15(17-13)12-6-4-3-5-7-12/h3-7,10-11H,8-9H2,1-2H3,(H,19,20). The first kappa shape index (κ1) is 16.2. The van der Waals surface area contributed by atoms with E-state index in [-0.39, 0.29) is 18.4 Å². The van der Waals surface area contributed by atoms with Gasteiger partial charge in [-0.25, -0.2) is 4.98 Å². The van der Waals surface area contributed by atoms with E-state index in [0.29, 0.717) is 12.2 Å². The number of carbonyl (C=O) groups excluding carboxylic acids is 1. The summed E-state index contributed by atoms with van der Waals surface area (Å²) in [5.41, 5.74) is 1.24. The third-order valence-electron chi connectivity index (χ3n) is 2.94. The number of rotatable bonds is 6. The maximum Gasteiger partial charge on any atom is 0.323 e. The normalized spacial score (nSPS) is 10.7. The van der Waals surface area contributed by atoms with Crippen molar-refractivity contribution in [3.05, 3.63) is 41.4 Å². The van der Waals surface area contributed by atoms with Crippen molar-refractivity contribution in [2.75, 3.05) is 13.1 Å². The van der Waals surface area contributed by atoms with E-state index in [1.165, 1.54) is 16.2 Å². The highest BCUT2D eigenvalue weighted by atomic mass is 32.1. The molecule has 6 heteroatoms. The highest BCUT2D eigenvalue weighted by molar-refractivity contribution is 7.13. The molecule has 0 atom stereocenters. The van der Waals surface area contributed by atoms with Crippen LogP contribution >= 0.6 is 11.3 Å². The lowest BCUT2D eigenvalue weighted by atomic mass is 10.2. The molecule has 5 nitrogen and oxygen atoms in total. The van der Waals surface area contributed by atoms with Gasteiger partial charge in [-0.2, -0.15) is 0 Å². The summed E-state index contributed by atoms with van der Waals surface area (Å²) in [7, 11) is 0. The fraction of sp³-hybridized carbons (Fsp3) is 0.312. The van der Waals surface area contributed by atoms with Gasteiger partial charge in [-0.3, -0.25) is 9.59 Å². The van der Waals surface area contributed by atoms with Crippen molar-refractivity contribution in [1.29, 1.82) is 0 Å². The van der Waals surface area contributed by atoms with Crippen molar-refractivity contribution in [2.45, 2.75) is 13.8 Å². The summed E-state index contributed by atoms with van der Waals surface area (Å²) in [4.78, 5) is 29.1. The molecule has 0 radical (unpaired) electrons. The van der Waals surface area contributed by atoms with Gasteiger partial charge in [-0.15, -0.1) is 11.3 Å². The summed E-state index contributed by atoms with van der Waals surface area (Å²) < 4.78 is 0. The number of hydrogen-bond acceptors (Lipinski definition) is 4. The van der Waals surface area contributed by atoms with Crippen LogP contribution in [0, 0.1) is 5.92 Å². The van der Waals surface area contributed by atoms with Crippen molar-refractivity contribution in [1.82, 2.24) is 9.88 Å². The first-order valence-corrected chi connectivity index (χ1v) is 7.87. The molecule has 0 saturated carbocycles. The van der Waals surface area contributed by atoms with Gasteiger partial charge in [0.25, 0.3) is 5.91 Å². The first-order valence-electron chi connectivity index (χ1n) is 6.99. The Morgan fingerprint density at radius 1 is 1.27 bits per heavy atom. The number of hydrogen-bond donors (Lipinski definition) is 1. The van der Waals surface area contributed by atoms with E-state index >= 15 is 0 Å². The Bertz CT molecular complexity index is 652. The van der Waals surface area contributed by atoms with Crippen LogP contribution in [-0.2, 0) is 4.79 Å². The van der Waals surface area contributed by atoms with E-state index < -0.39 is 5.97 Å². The molecule has 0 unspecified atom stereocenters. The fourth-order valence-corrected chi connectivity index (χ4v) is 2.87. The fourth-order valence-electron chi connectivity index (χ4n) is 2.07. The van der Waals surface area contributed by atoms with Gasteiger partial charge in [0.2, 0.25) is 0 Å². The third kappa shape index (κ3) is 4.14. The monoisotopic (exact) mass is 318 g/mol. The number of aromatic nitrogens is 1. The summed E-state index contributed by atoms with van der Waals surface area (Å²) in [6, 6.07) is 9.59. The number of carboxylic acid groups (broad SMARTS) is 1. The van der Waals surface area contributed by atoms with Gasteiger partial charge in [0.1, 0.15) is 17.2 Å². The molecule has 1 heterocycles. The summed E-state index contributed by atoms with van der Waals surface area (Å²) in [6.07, 6.45) is 0. The molecule has 116 valence electrons. The van der Waals surface area contributed by atoms with E-state index in [2.05, 4.69) is 4.98 Å². The molecule has 22 heavy (non-hydrogen) atoms. The summed E-state index contributed by atoms with van der Waals surface area (Å²) in [5, 5.41) is 11.4. The van der Waals surface area contributed by atoms with E-state index in [4.69, 9.17) is 5.11 Å². The van der Waals surface area contributed by atoms with Crippen LogP contribution in [0.2, 0.25) is 0 Å². The molecule has 0 bridgehead atoms. The SMILES string of the molecule is CC(C)CN(CC(=O)O)C(=O)c1csc(-c2ccccc2)n1. The Labute approximate surface area is 133 Å². The van der Waals surface area contributed by atoms with E-state index in [0.717, 1.165) is 10.6 Å². The maximum absolute atomic E-state index is 12.5. The van der Waals surface area contributed by atoms with Gasteiger partial charge in [0, 0.05) is 17.5 Å². The number of carbonyl (C=O) groups is 2. The van der Waals surface area contributed by atoms with E-state index in [9.17, 15) is 9.59 Å². The Hall–Kier alpha value is -2.21. The Morgan fingerprint density at radius 3 is 2.55 bits per heavy atom. The zero-order chi connectivity index (χ0) is 16.1. The predicted octanol–water partition coefficient (Wildman–Crippen LogP) is 2.99. The number of thiazole rings is 1. The van der Waals surface area contributed by atoms with Crippen LogP contribution in [0.25, 0.3) is 10.6 Å². The van der Waals surface area contributed by atoms with Crippen LogP contribution < -0.4 is 0 Å². The van der Waals surface area contributed by atoms with Gasteiger partial charge in [-0.05, 0) is 5.92 Å². The van der Waals surface area contributed by atoms with Gasteiger partial charge in [-0.1, -0.05) is 44.2 Å². The van der Waals surface area contributed by atoms with E-state index in [1.54, 1.807) is 5.38 Å². The first-order chi connectivity index (χ1) is 10.5. The average Bonchev–Trinajstić information content (AvgIpc) is 2.95. The molecule has 0 saturated heterocycles. The third-order valence-corrected chi connectivity index (χ3v) is 3.83. The van der Waals surface area contributed by atoms with Crippen LogP contribution in [0.4, 0.5) is 0 Å². The lowest BCUT2D eigenvalue weighted by Crippen LogP contribution is -2.38. The zero-order valence-electron chi connectivity index (χ0n) is 12.5. The minimum absolute atomic E-state index is 0.190. The molecule has 0 aliphatic carbocycles. The number of nitrogens with zero attached hydrogens (tertiary/aromatic N) is 2. The van der Waals surface area contributed by atoms with Crippen molar-refractivity contribution in [2.24, 2.45) is 5.92 Å². The number of carboxylic acids is 1. The largest absolute Gasteiger partial charge is 0.480 e. The molecular formula is C16H18N2O3S. The van der Waals surface area contributed by atoms with Crippen LogP contribution in [0.1, 0.15) is 24.3 Å². The molecular weight excluding hydrogens is 300 g/mol. The Morgan fingerprint density at radius 2 is 1.95 bits per heavy atom. The van der Waals surface area contributed by atoms with Gasteiger partial charge >= 0.3 is 5.97 Å². The molecule has 1 N–H and O–H groups in total. The molecule has 0 aliphatic heterocycles. The molecule has 0 aliphatic rings. The highest BCUT2D eigenvalue weighted by Crippen LogP contribution is 2.24. The Kier molecular flexibility index (Phi) is 5.27. The summed E-state index contributed by atoms with van der Waals surface area (Å²) in [5.74, 6) is -1.17. The smallest absolute Gasteiger partial charge is 0.323 e. The van der Waals surface area contributed by atoms with E-state index in [1.807, 2.05) is 44.2 Å². The quantitative estimate of drug-likeness (QED) is 0.889. The molecule has 1 amide bonds. The minimum atomic E-state index is -1.02. The molecule has 2 rings (SSSR count). The van der Waals surface area contributed by atoms with Crippen molar-refractivity contribution < 1.29 is 14.7 Å². The van der Waals surface area contributed by atoms with Crippen molar-refractivity contribution in [3.63, 3.8) is 0 Å². The van der Waals surface area contributed by atoms with Crippen LogP contribution in [0.15, 0.2) is 35.7 Å². The lowest BCUT2D eigenvalue weighted by Gasteiger charge is -2.21. The van der Waals surface area contributed by atoms with Gasteiger partial charge < -0.3 is 10.0 Å². The number of aliphatic carboxylic acids is 1.